The van der Waals surface area contributed by atoms with Gasteiger partial charge in [0.05, 0.1) is 33.9 Å². The third kappa shape index (κ3) is 25.2. The average molecular weight is 521 g/mol. The molecule has 0 saturated heterocycles. The Morgan fingerprint density at radius 1 is 0.771 bits per heavy atom. The average Bonchev–Trinajstić information content (AvgIpc) is 2.80. The lowest BCUT2D eigenvalue weighted by atomic mass is 9.94. The Balaban J connectivity index is 4.00. The minimum atomic E-state index is -4.06. The van der Waals surface area contributed by atoms with Crippen molar-refractivity contribution in [3.63, 3.8) is 0 Å². The van der Waals surface area contributed by atoms with Gasteiger partial charge < -0.3 is 9.79 Å². The lowest BCUT2D eigenvalue weighted by molar-refractivity contribution is -0.858. The lowest BCUT2D eigenvalue weighted by Crippen LogP contribution is -3.05. The highest BCUT2D eigenvalue weighted by atomic mass is 31.2. The number of nitrogens with one attached hydrogen (secondary N) is 1. The molecule has 2 unspecified atom stereocenters. The fourth-order valence-electron chi connectivity index (χ4n) is 4.42. The van der Waals surface area contributed by atoms with Crippen molar-refractivity contribution < 1.29 is 28.2 Å². The largest absolute Gasteiger partial charge is 0.472 e. The fourth-order valence-corrected chi connectivity index (χ4v) is 5.25. The van der Waals surface area contributed by atoms with E-state index in [0.29, 0.717) is 19.3 Å². The normalized spacial score (nSPS) is 14.3. The Morgan fingerprint density at radius 2 is 1.29 bits per heavy atom. The van der Waals surface area contributed by atoms with Gasteiger partial charge in [-0.1, -0.05) is 104 Å². The third-order valence-corrected chi connectivity index (χ3v) is 7.54. The number of quaternary nitrogens is 1. The van der Waals surface area contributed by atoms with Crippen LogP contribution < -0.4 is 4.90 Å². The van der Waals surface area contributed by atoms with E-state index in [0.717, 1.165) is 32.2 Å². The number of unbranched alkanes of at least 4 members (excludes halogenated alkanes) is 13. The van der Waals surface area contributed by atoms with Gasteiger partial charge in [0.25, 0.3) is 0 Å². The van der Waals surface area contributed by atoms with E-state index < -0.39 is 7.82 Å². The molecule has 2 atom stereocenters. The van der Waals surface area contributed by atoms with Gasteiger partial charge in [-0.05, 0) is 18.8 Å². The smallest absolute Gasteiger partial charge is 0.340 e. The summed E-state index contributed by atoms with van der Waals surface area (Å²) in [5.74, 6) is 0.204. The van der Waals surface area contributed by atoms with E-state index in [4.69, 9.17) is 9.05 Å². The molecule has 210 valence electrons. The zero-order chi connectivity index (χ0) is 26.2. The molecule has 0 spiro atoms. The van der Waals surface area contributed by atoms with Crippen LogP contribution in [0.4, 0.5) is 0 Å². The summed E-state index contributed by atoms with van der Waals surface area (Å²) < 4.78 is 22.6. The van der Waals surface area contributed by atoms with E-state index in [1.165, 1.54) is 81.9 Å². The summed E-state index contributed by atoms with van der Waals surface area (Å²) >= 11 is 0. The molecule has 6 nitrogen and oxygen atoms in total. The highest BCUT2D eigenvalue weighted by molar-refractivity contribution is 7.47. The van der Waals surface area contributed by atoms with Crippen molar-refractivity contribution in [3.8, 4) is 0 Å². The summed E-state index contributed by atoms with van der Waals surface area (Å²) in [6.07, 6.45) is 21.8. The van der Waals surface area contributed by atoms with E-state index in [-0.39, 0.29) is 24.9 Å². The number of rotatable bonds is 27. The van der Waals surface area contributed by atoms with Crippen LogP contribution in [0, 0.1) is 5.92 Å². The number of hydrogen-bond donors (Lipinski definition) is 2. The first-order chi connectivity index (χ1) is 16.8. The van der Waals surface area contributed by atoms with Crippen LogP contribution in [-0.4, -0.2) is 44.5 Å². The Labute approximate surface area is 217 Å². The van der Waals surface area contributed by atoms with Gasteiger partial charge in [0.15, 0.2) is 0 Å². The zero-order valence-electron chi connectivity index (χ0n) is 23.7. The van der Waals surface area contributed by atoms with Gasteiger partial charge in [-0.2, -0.15) is 0 Å². The standard InChI is InChI=1S/C28H58NO5P/c1-5-7-8-9-10-11-12-13-14-15-16-17-18-19-22-27(25-28(30)21-6-2)26-34-35(31,32)33-24-20-23-29(3)4/h27H,5-26H2,1-4H3,(H,31,32)/p+1. The minimum absolute atomic E-state index is 0.0123. The van der Waals surface area contributed by atoms with Gasteiger partial charge in [-0.3, -0.25) is 13.8 Å². The predicted octanol–water partition coefficient (Wildman–Crippen LogP) is 6.90. The van der Waals surface area contributed by atoms with Crippen molar-refractivity contribution in [2.75, 3.05) is 33.9 Å². The monoisotopic (exact) mass is 520 g/mol. The van der Waals surface area contributed by atoms with E-state index in [9.17, 15) is 14.3 Å². The summed E-state index contributed by atoms with van der Waals surface area (Å²) in [7, 11) is 0.00494. The number of hydrogen-bond acceptors (Lipinski definition) is 4. The first-order valence-electron chi connectivity index (χ1n) is 14.7. The molecule has 0 aromatic carbocycles. The van der Waals surface area contributed by atoms with Crippen LogP contribution in [0.15, 0.2) is 0 Å². The van der Waals surface area contributed by atoms with Crippen LogP contribution in [0.3, 0.4) is 0 Å². The highest BCUT2D eigenvalue weighted by Gasteiger charge is 2.24. The van der Waals surface area contributed by atoms with E-state index in [1.54, 1.807) is 0 Å². The molecule has 0 amide bonds. The number of phosphoric ester groups is 1. The van der Waals surface area contributed by atoms with E-state index >= 15 is 0 Å². The maximum Gasteiger partial charge on any atom is 0.472 e. The van der Waals surface area contributed by atoms with Gasteiger partial charge in [0, 0.05) is 19.3 Å². The Bertz CT molecular complexity index is 529. The number of Topliss-reactive ketones (excluding diaryl/α,β-unsaturated/α-hetero) is 1. The molecule has 0 aliphatic rings. The van der Waals surface area contributed by atoms with Gasteiger partial charge in [0.1, 0.15) is 5.78 Å². The summed E-state index contributed by atoms with van der Waals surface area (Å²) in [6.45, 7) is 5.45. The summed E-state index contributed by atoms with van der Waals surface area (Å²) in [6, 6.07) is 0. The maximum atomic E-state index is 12.2. The third-order valence-electron chi connectivity index (χ3n) is 6.56. The van der Waals surface area contributed by atoms with Gasteiger partial charge >= 0.3 is 7.82 Å². The quantitative estimate of drug-likeness (QED) is 0.0910. The van der Waals surface area contributed by atoms with Crippen molar-refractivity contribution >= 4 is 13.6 Å². The molecule has 0 saturated carbocycles. The molecule has 0 aliphatic heterocycles. The van der Waals surface area contributed by atoms with Crippen LogP contribution in [0.25, 0.3) is 0 Å². The topological polar surface area (TPSA) is 77.3 Å². The fraction of sp³-hybridized carbons (Fsp3) is 0.964. The van der Waals surface area contributed by atoms with Crippen molar-refractivity contribution in [1.29, 1.82) is 0 Å². The molecule has 0 bridgehead atoms. The number of ketones is 1. The summed E-state index contributed by atoms with van der Waals surface area (Å²) in [5, 5.41) is 0. The van der Waals surface area contributed by atoms with Gasteiger partial charge in [0.2, 0.25) is 0 Å². The minimum Gasteiger partial charge on any atom is -0.340 e. The molecule has 0 aromatic heterocycles. The number of phosphoric acid groups is 1. The van der Waals surface area contributed by atoms with Crippen molar-refractivity contribution in [2.45, 2.75) is 136 Å². The zero-order valence-corrected chi connectivity index (χ0v) is 24.6. The molecule has 0 rings (SSSR count). The molecular formula is C28H59NO5P+. The Kier molecular flexibility index (Phi) is 23.9. The van der Waals surface area contributed by atoms with Crippen LogP contribution in [0.1, 0.15) is 136 Å². The molecule has 35 heavy (non-hydrogen) atoms. The van der Waals surface area contributed by atoms with Crippen LogP contribution >= 0.6 is 7.82 Å². The Morgan fingerprint density at radius 3 is 1.77 bits per heavy atom. The van der Waals surface area contributed by atoms with Gasteiger partial charge in [-0.25, -0.2) is 4.57 Å². The van der Waals surface area contributed by atoms with Crippen LogP contribution in [0.5, 0.6) is 0 Å². The first kappa shape index (κ1) is 34.7. The highest BCUT2D eigenvalue weighted by Crippen LogP contribution is 2.44. The molecule has 0 fully saturated rings. The van der Waals surface area contributed by atoms with E-state index in [1.807, 2.05) is 21.0 Å². The van der Waals surface area contributed by atoms with Crippen molar-refractivity contribution in [3.05, 3.63) is 0 Å². The van der Waals surface area contributed by atoms with Gasteiger partial charge in [-0.15, -0.1) is 0 Å². The van der Waals surface area contributed by atoms with Crippen LogP contribution in [-0.2, 0) is 18.4 Å². The molecule has 2 N–H and O–H groups in total. The second-order valence-electron chi connectivity index (χ2n) is 10.7. The predicted molar refractivity (Wildman–Crippen MR) is 147 cm³/mol. The van der Waals surface area contributed by atoms with Crippen LogP contribution in [0.2, 0.25) is 0 Å². The lowest BCUT2D eigenvalue weighted by Gasteiger charge is -2.19. The second-order valence-corrected chi connectivity index (χ2v) is 12.1. The van der Waals surface area contributed by atoms with Crippen molar-refractivity contribution in [1.82, 2.24) is 0 Å². The molecule has 0 heterocycles. The maximum absolute atomic E-state index is 12.2. The Hall–Kier alpha value is -0.260. The summed E-state index contributed by atoms with van der Waals surface area (Å²) in [4.78, 5) is 23.4. The molecular weight excluding hydrogens is 461 g/mol. The number of carbonyl (C=O) groups excluding carboxylic acids is 1. The molecule has 0 aliphatic carbocycles. The summed E-state index contributed by atoms with van der Waals surface area (Å²) in [5.41, 5.74) is 0. The molecule has 0 aromatic rings. The van der Waals surface area contributed by atoms with E-state index in [2.05, 4.69) is 6.92 Å². The first-order valence-corrected chi connectivity index (χ1v) is 16.2. The molecule has 7 heteroatoms. The molecule has 0 radical (unpaired) electrons. The van der Waals surface area contributed by atoms with Crippen molar-refractivity contribution in [2.24, 2.45) is 5.92 Å². The number of carbonyl (C=O) groups is 1. The second kappa shape index (κ2) is 24.1. The SMILES string of the molecule is CCCCCCCCCCCCCCCCC(COP(=O)(O)OCCC[NH+](C)C)CC(=O)CCC.